The molecule has 1 aromatic heterocycles. The Balaban J connectivity index is 1.64. The van der Waals surface area contributed by atoms with Gasteiger partial charge in [0.2, 0.25) is 0 Å². The van der Waals surface area contributed by atoms with Gasteiger partial charge in [-0.2, -0.15) is 4.99 Å². The molecule has 0 unspecified atom stereocenters. The van der Waals surface area contributed by atoms with Crippen LogP contribution in [0.2, 0.25) is 0 Å². The number of ether oxygens (including phenoxy) is 1. The molecule has 0 aliphatic heterocycles. The molecule has 30 heavy (non-hydrogen) atoms. The number of ketones is 1. The fraction of sp³-hybridized carbons (Fsp3) is 0.125. The van der Waals surface area contributed by atoms with E-state index in [0.29, 0.717) is 28.1 Å². The van der Waals surface area contributed by atoms with E-state index in [2.05, 4.69) is 4.99 Å². The Kier molecular flexibility index (Phi) is 5.59. The normalized spacial score (nSPS) is 11.6. The highest BCUT2D eigenvalue weighted by Gasteiger charge is 2.12. The molecule has 4 rings (SSSR count). The van der Waals surface area contributed by atoms with Crippen molar-refractivity contribution in [3.05, 3.63) is 94.3 Å². The van der Waals surface area contributed by atoms with Crippen LogP contribution in [-0.2, 0) is 7.05 Å². The highest BCUT2D eigenvalue weighted by Crippen LogP contribution is 2.26. The lowest BCUT2D eigenvalue weighted by Crippen LogP contribution is -2.14. The van der Waals surface area contributed by atoms with Gasteiger partial charge in [-0.25, -0.2) is 0 Å². The summed E-state index contributed by atoms with van der Waals surface area (Å²) in [7, 11) is 1.87. The van der Waals surface area contributed by atoms with Crippen molar-refractivity contribution in [1.29, 1.82) is 0 Å². The third-order valence-electron chi connectivity index (χ3n) is 4.71. The second-order valence-corrected chi connectivity index (χ2v) is 7.68. The molecule has 1 amide bonds. The summed E-state index contributed by atoms with van der Waals surface area (Å²) in [5, 5.41) is 0. The van der Waals surface area contributed by atoms with Crippen LogP contribution >= 0.6 is 11.3 Å². The lowest BCUT2D eigenvalue weighted by Gasteiger charge is -2.05. The fourth-order valence-corrected chi connectivity index (χ4v) is 4.25. The summed E-state index contributed by atoms with van der Waals surface area (Å²) in [4.78, 5) is 30.1. The Labute approximate surface area is 177 Å². The maximum Gasteiger partial charge on any atom is 0.279 e. The molecule has 0 atom stereocenters. The molecular formula is C24H20N2O3S. The molecule has 0 fully saturated rings. The van der Waals surface area contributed by atoms with Gasteiger partial charge in [-0.05, 0) is 31.2 Å². The topological polar surface area (TPSA) is 60.7 Å². The third-order valence-corrected chi connectivity index (χ3v) is 5.81. The third kappa shape index (κ3) is 3.82. The monoisotopic (exact) mass is 416 g/mol. The zero-order valence-corrected chi connectivity index (χ0v) is 17.5. The first-order valence-electron chi connectivity index (χ1n) is 9.58. The largest absolute Gasteiger partial charge is 0.492 e. The maximum atomic E-state index is 12.7. The zero-order chi connectivity index (χ0) is 21.1. The highest BCUT2D eigenvalue weighted by molar-refractivity contribution is 7.16. The minimum Gasteiger partial charge on any atom is -0.492 e. The van der Waals surface area contributed by atoms with Gasteiger partial charge in [-0.15, -0.1) is 0 Å². The molecule has 0 saturated heterocycles. The van der Waals surface area contributed by atoms with Crippen LogP contribution in [-0.4, -0.2) is 22.9 Å². The molecule has 0 N–H and O–H groups in total. The van der Waals surface area contributed by atoms with Gasteiger partial charge >= 0.3 is 0 Å². The average molecular weight is 417 g/mol. The van der Waals surface area contributed by atoms with Crippen LogP contribution in [0.1, 0.15) is 33.2 Å². The molecule has 0 aliphatic rings. The van der Waals surface area contributed by atoms with Crippen molar-refractivity contribution in [2.45, 2.75) is 6.92 Å². The summed E-state index contributed by atoms with van der Waals surface area (Å²) in [5.41, 5.74) is 2.50. The van der Waals surface area contributed by atoms with Gasteiger partial charge in [0.05, 0.1) is 11.3 Å². The number of benzene rings is 3. The number of para-hydroxylation sites is 1. The number of fused-ring (bicyclic) bond motifs is 1. The van der Waals surface area contributed by atoms with E-state index in [0.717, 1.165) is 16.0 Å². The van der Waals surface area contributed by atoms with Crippen LogP contribution in [0, 0.1) is 0 Å². The molecule has 4 aromatic rings. The lowest BCUT2D eigenvalue weighted by molar-refractivity contribution is 0.0994. The van der Waals surface area contributed by atoms with E-state index >= 15 is 0 Å². The van der Waals surface area contributed by atoms with Crippen LogP contribution in [0.25, 0.3) is 10.2 Å². The molecule has 5 nitrogen and oxygen atoms in total. The molecular weight excluding hydrogens is 396 g/mol. The van der Waals surface area contributed by atoms with E-state index in [1.54, 1.807) is 36.4 Å². The number of hydrogen-bond donors (Lipinski definition) is 0. The van der Waals surface area contributed by atoms with Crippen molar-refractivity contribution < 1.29 is 14.3 Å². The number of amides is 1. The van der Waals surface area contributed by atoms with Crippen molar-refractivity contribution in [2.75, 3.05) is 6.61 Å². The second kappa shape index (κ2) is 8.47. The zero-order valence-electron chi connectivity index (χ0n) is 16.7. The van der Waals surface area contributed by atoms with Crippen LogP contribution in [0.15, 0.2) is 77.8 Å². The number of thiazole rings is 1. The molecule has 150 valence electrons. The maximum absolute atomic E-state index is 12.7. The summed E-state index contributed by atoms with van der Waals surface area (Å²) in [6.45, 7) is 2.50. The van der Waals surface area contributed by atoms with Crippen LogP contribution in [0.3, 0.4) is 0 Å². The Morgan fingerprint density at radius 1 is 0.900 bits per heavy atom. The van der Waals surface area contributed by atoms with E-state index in [1.807, 2.05) is 54.9 Å². The van der Waals surface area contributed by atoms with Gasteiger partial charge in [0, 0.05) is 23.7 Å². The number of aryl methyl sites for hydroxylation is 1. The summed E-state index contributed by atoms with van der Waals surface area (Å²) in [5.74, 6) is 0.339. The average Bonchev–Trinajstić information content (AvgIpc) is 3.10. The standard InChI is InChI=1S/C24H20N2O3S/c1-3-29-19-10-7-11-20-21(19)26(2)24(30-20)25-23(28)18-14-12-17(13-15-18)22(27)16-8-5-4-6-9-16/h4-15H,3H2,1-2H3. The Morgan fingerprint density at radius 2 is 1.57 bits per heavy atom. The Hall–Kier alpha value is -3.51. The molecule has 3 aromatic carbocycles. The first kappa shape index (κ1) is 19.8. The summed E-state index contributed by atoms with van der Waals surface area (Å²) in [6, 6.07) is 21.5. The SMILES string of the molecule is CCOc1cccc2sc(=NC(=O)c3ccc(C(=O)c4ccccc4)cc3)n(C)c12. The molecule has 0 aliphatic carbocycles. The van der Waals surface area contributed by atoms with Gasteiger partial charge in [0.25, 0.3) is 5.91 Å². The fourth-order valence-electron chi connectivity index (χ4n) is 3.22. The molecule has 0 saturated carbocycles. The van der Waals surface area contributed by atoms with Crippen molar-refractivity contribution in [2.24, 2.45) is 12.0 Å². The van der Waals surface area contributed by atoms with Crippen molar-refractivity contribution in [3.8, 4) is 5.75 Å². The Bertz CT molecular complexity index is 1290. The van der Waals surface area contributed by atoms with Crippen molar-refractivity contribution in [1.82, 2.24) is 4.57 Å². The lowest BCUT2D eigenvalue weighted by atomic mass is 10.0. The predicted molar refractivity (Wildman–Crippen MR) is 118 cm³/mol. The summed E-state index contributed by atoms with van der Waals surface area (Å²) < 4.78 is 8.57. The van der Waals surface area contributed by atoms with Gasteiger partial charge in [0.1, 0.15) is 11.3 Å². The van der Waals surface area contributed by atoms with E-state index in [1.165, 1.54) is 11.3 Å². The Morgan fingerprint density at radius 3 is 2.27 bits per heavy atom. The van der Waals surface area contributed by atoms with Crippen LogP contribution < -0.4 is 9.54 Å². The highest BCUT2D eigenvalue weighted by atomic mass is 32.1. The van der Waals surface area contributed by atoms with Gasteiger partial charge in [-0.3, -0.25) is 9.59 Å². The molecule has 0 spiro atoms. The van der Waals surface area contributed by atoms with Gasteiger partial charge in [0.15, 0.2) is 10.6 Å². The van der Waals surface area contributed by atoms with E-state index in [9.17, 15) is 9.59 Å². The van der Waals surface area contributed by atoms with E-state index in [-0.39, 0.29) is 11.7 Å². The minimum absolute atomic E-state index is 0.0779. The number of carbonyl (C=O) groups excluding carboxylic acids is 2. The second-order valence-electron chi connectivity index (χ2n) is 6.67. The van der Waals surface area contributed by atoms with E-state index in [4.69, 9.17) is 4.74 Å². The van der Waals surface area contributed by atoms with E-state index < -0.39 is 0 Å². The van der Waals surface area contributed by atoms with Crippen molar-refractivity contribution in [3.63, 3.8) is 0 Å². The van der Waals surface area contributed by atoms with Crippen LogP contribution in [0.5, 0.6) is 5.75 Å². The van der Waals surface area contributed by atoms with Gasteiger partial charge < -0.3 is 9.30 Å². The molecule has 0 bridgehead atoms. The quantitative estimate of drug-likeness (QED) is 0.446. The number of hydrogen-bond acceptors (Lipinski definition) is 4. The van der Waals surface area contributed by atoms with Crippen LogP contribution in [0.4, 0.5) is 0 Å². The number of aromatic nitrogens is 1. The number of carbonyl (C=O) groups is 2. The first-order chi connectivity index (χ1) is 14.6. The first-order valence-corrected chi connectivity index (χ1v) is 10.4. The molecule has 0 radical (unpaired) electrons. The number of nitrogens with zero attached hydrogens (tertiary/aromatic N) is 2. The summed E-state index contributed by atoms with van der Waals surface area (Å²) in [6.07, 6.45) is 0. The van der Waals surface area contributed by atoms with Crippen molar-refractivity contribution >= 4 is 33.2 Å². The predicted octanol–water partition coefficient (Wildman–Crippen LogP) is 4.61. The number of rotatable bonds is 5. The van der Waals surface area contributed by atoms with Gasteiger partial charge in [-0.1, -0.05) is 59.9 Å². The minimum atomic E-state index is -0.353. The smallest absolute Gasteiger partial charge is 0.279 e. The molecule has 1 heterocycles. The molecule has 6 heteroatoms. The summed E-state index contributed by atoms with van der Waals surface area (Å²) >= 11 is 1.43.